The van der Waals surface area contributed by atoms with Crippen LogP contribution in [-0.4, -0.2) is 30.6 Å². The third kappa shape index (κ3) is 5.80. The van der Waals surface area contributed by atoms with Crippen LogP contribution in [0.15, 0.2) is 18.2 Å². The van der Waals surface area contributed by atoms with Gasteiger partial charge in [0.1, 0.15) is 0 Å². The Balaban J connectivity index is 2.94. The van der Waals surface area contributed by atoms with Gasteiger partial charge in [-0.2, -0.15) is 0 Å². The summed E-state index contributed by atoms with van der Waals surface area (Å²) in [5, 5.41) is 3.68. The van der Waals surface area contributed by atoms with Gasteiger partial charge in [-0.15, -0.1) is 0 Å². The van der Waals surface area contributed by atoms with Gasteiger partial charge < -0.3 is 5.32 Å². The maximum absolute atomic E-state index is 3.68. The molecular formula is C19H34N2. The quantitative estimate of drug-likeness (QED) is 0.767. The summed E-state index contributed by atoms with van der Waals surface area (Å²) >= 11 is 0. The molecule has 0 aliphatic heterocycles. The first kappa shape index (κ1) is 18.2. The molecule has 0 aromatic heterocycles. The van der Waals surface area contributed by atoms with Crippen LogP contribution in [0.2, 0.25) is 0 Å². The molecule has 1 rings (SSSR count). The van der Waals surface area contributed by atoms with Crippen molar-refractivity contribution in [1.82, 2.24) is 10.2 Å². The molecular weight excluding hydrogens is 256 g/mol. The highest BCUT2D eigenvalue weighted by molar-refractivity contribution is 5.33. The molecule has 0 spiro atoms. The smallest absolute Gasteiger partial charge is 0.0451 e. The molecule has 1 N–H and O–H groups in total. The molecule has 120 valence electrons. The average Bonchev–Trinajstić information content (AvgIpc) is 2.36. The van der Waals surface area contributed by atoms with Crippen molar-refractivity contribution in [2.24, 2.45) is 5.92 Å². The third-order valence-electron chi connectivity index (χ3n) is 4.00. The molecule has 1 aromatic carbocycles. The number of nitrogens with one attached hydrogen (secondary N) is 1. The third-order valence-corrected chi connectivity index (χ3v) is 4.00. The van der Waals surface area contributed by atoms with Gasteiger partial charge in [-0.1, -0.05) is 44.5 Å². The Morgan fingerprint density at radius 3 is 2.19 bits per heavy atom. The summed E-state index contributed by atoms with van der Waals surface area (Å²) < 4.78 is 0. The molecule has 0 fully saturated rings. The van der Waals surface area contributed by atoms with Crippen molar-refractivity contribution in [2.45, 2.75) is 60.5 Å². The van der Waals surface area contributed by atoms with Crippen LogP contribution < -0.4 is 5.32 Å². The minimum absolute atomic E-state index is 0.414. The number of benzene rings is 1. The molecule has 0 amide bonds. The SMILES string of the molecule is CCNC(CN(CC(C)C)C(C)C)c1ccc(C)cc1C. The molecule has 0 heterocycles. The highest BCUT2D eigenvalue weighted by atomic mass is 15.2. The minimum atomic E-state index is 0.414. The summed E-state index contributed by atoms with van der Waals surface area (Å²) in [6, 6.07) is 7.82. The Kier molecular flexibility index (Phi) is 7.41. The molecule has 0 saturated carbocycles. The van der Waals surface area contributed by atoms with Crippen molar-refractivity contribution in [3.05, 3.63) is 34.9 Å². The van der Waals surface area contributed by atoms with E-state index in [0.29, 0.717) is 18.0 Å². The molecule has 2 heteroatoms. The lowest BCUT2D eigenvalue weighted by Crippen LogP contribution is -2.41. The van der Waals surface area contributed by atoms with Gasteiger partial charge in [0, 0.05) is 25.2 Å². The van der Waals surface area contributed by atoms with Crippen molar-refractivity contribution < 1.29 is 0 Å². The maximum atomic E-state index is 3.68. The number of aryl methyl sites for hydroxylation is 2. The van der Waals surface area contributed by atoms with Crippen LogP contribution in [0.25, 0.3) is 0 Å². The van der Waals surface area contributed by atoms with E-state index in [1.807, 2.05) is 0 Å². The number of hydrogen-bond acceptors (Lipinski definition) is 2. The summed E-state index contributed by atoms with van der Waals surface area (Å²) in [6.07, 6.45) is 0. The lowest BCUT2D eigenvalue weighted by molar-refractivity contribution is 0.177. The van der Waals surface area contributed by atoms with Crippen molar-refractivity contribution in [1.29, 1.82) is 0 Å². The van der Waals surface area contributed by atoms with E-state index < -0.39 is 0 Å². The molecule has 21 heavy (non-hydrogen) atoms. The average molecular weight is 290 g/mol. The first-order valence-corrected chi connectivity index (χ1v) is 8.39. The predicted molar refractivity (Wildman–Crippen MR) is 93.9 cm³/mol. The zero-order valence-corrected chi connectivity index (χ0v) is 15.0. The fraction of sp³-hybridized carbons (Fsp3) is 0.684. The van der Waals surface area contributed by atoms with Crippen LogP contribution in [0, 0.1) is 19.8 Å². The van der Waals surface area contributed by atoms with Crippen LogP contribution in [0.1, 0.15) is 57.4 Å². The van der Waals surface area contributed by atoms with E-state index in [1.165, 1.54) is 16.7 Å². The highest BCUT2D eigenvalue weighted by Gasteiger charge is 2.19. The van der Waals surface area contributed by atoms with Gasteiger partial charge in [-0.25, -0.2) is 0 Å². The summed E-state index contributed by atoms with van der Waals surface area (Å²) in [5.41, 5.74) is 4.18. The fourth-order valence-corrected chi connectivity index (χ4v) is 2.94. The van der Waals surface area contributed by atoms with Crippen molar-refractivity contribution >= 4 is 0 Å². The van der Waals surface area contributed by atoms with Crippen LogP contribution in [0.5, 0.6) is 0 Å². The van der Waals surface area contributed by atoms with E-state index >= 15 is 0 Å². The molecule has 0 radical (unpaired) electrons. The Hall–Kier alpha value is -0.860. The van der Waals surface area contributed by atoms with Gasteiger partial charge in [-0.3, -0.25) is 4.90 Å². The minimum Gasteiger partial charge on any atom is -0.309 e. The van der Waals surface area contributed by atoms with E-state index in [-0.39, 0.29) is 0 Å². The van der Waals surface area contributed by atoms with Crippen molar-refractivity contribution in [2.75, 3.05) is 19.6 Å². The monoisotopic (exact) mass is 290 g/mol. The van der Waals surface area contributed by atoms with Crippen LogP contribution in [-0.2, 0) is 0 Å². The van der Waals surface area contributed by atoms with Gasteiger partial charge in [0.25, 0.3) is 0 Å². The van der Waals surface area contributed by atoms with Crippen LogP contribution >= 0.6 is 0 Å². The first-order valence-electron chi connectivity index (χ1n) is 8.39. The Morgan fingerprint density at radius 1 is 1.05 bits per heavy atom. The van der Waals surface area contributed by atoms with Crippen LogP contribution in [0.3, 0.4) is 0 Å². The molecule has 1 aromatic rings. The second-order valence-corrected chi connectivity index (χ2v) is 6.91. The number of hydrogen-bond donors (Lipinski definition) is 1. The van der Waals surface area contributed by atoms with E-state index in [1.54, 1.807) is 0 Å². The van der Waals surface area contributed by atoms with Gasteiger partial charge in [-0.05, 0) is 51.3 Å². The molecule has 0 bridgehead atoms. The molecule has 0 aliphatic carbocycles. The second-order valence-electron chi connectivity index (χ2n) is 6.91. The molecule has 2 nitrogen and oxygen atoms in total. The zero-order valence-electron chi connectivity index (χ0n) is 15.0. The highest BCUT2D eigenvalue weighted by Crippen LogP contribution is 2.21. The first-order chi connectivity index (χ1) is 9.85. The maximum Gasteiger partial charge on any atom is 0.0451 e. The van der Waals surface area contributed by atoms with E-state index in [4.69, 9.17) is 0 Å². The number of likely N-dealkylation sites (N-methyl/N-ethyl adjacent to an activating group) is 1. The lowest BCUT2D eigenvalue weighted by atomic mass is 9.98. The Labute approximate surface area is 131 Å². The molecule has 0 aliphatic rings. The topological polar surface area (TPSA) is 15.3 Å². The Morgan fingerprint density at radius 2 is 1.71 bits per heavy atom. The molecule has 1 unspecified atom stereocenters. The van der Waals surface area contributed by atoms with Gasteiger partial charge in [0.05, 0.1) is 0 Å². The van der Waals surface area contributed by atoms with Crippen LogP contribution in [0.4, 0.5) is 0 Å². The van der Waals surface area contributed by atoms with E-state index in [9.17, 15) is 0 Å². The van der Waals surface area contributed by atoms with Crippen molar-refractivity contribution in [3.63, 3.8) is 0 Å². The largest absolute Gasteiger partial charge is 0.309 e. The van der Waals surface area contributed by atoms with Gasteiger partial charge >= 0.3 is 0 Å². The van der Waals surface area contributed by atoms with E-state index in [0.717, 1.165) is 19.6 Å². The number of nitrogens with zero attached hydrogens (tertiary/aromatic N) is 1. The zero-order chi connectivity index (χ0) is 16.0. The number of rotatable bonds is 8. The summed E-state index contributed by atoms with van der Waals surface area (Å²) in [5.74, 6) is 0.703. The summed E-state index contributed by atoms with van der Waals surface area (Å²) in [7, 11) is 0. The second kappa shape index (κ2) is 8.55. The van der Waals surface area contributed by atoms with Gasteiger partial charge in [0.15, 0.2) is 0 Å². The van der Waals surface area contributed by atoms with Crippen molar-refractivity contribution in [3.8, 4) is 0 Å². The molecule has 0 saturated heterocycles. The predicted octanol–water partition coefficient (Wildman–Crippen LogP) is 4.32. The lowest BCUT2D eigenvalue weighted by Gasteiger charge is -2.33. The molecule has 1 atom stereocenters. The summed E-state index contributed by atoms with van der Waals surface area (Å²) in [4.78, 5) is 2.59. The summed E-state index contributed by atoms with van der Waals surface area (Å²) in [6.45, 7) is 19.0. The van der Waals surface area contributed by atoms with E-state index in [2.05, 4.69) is 76.9 Å². The fourth-order valence-electron chi connectivity index (χ4n) is 2.94. The normalized spacial score (nSPS) is 13.4. The van der Waals surface area contributed by atoms with Gasteiger partial charge in [0.2, 0.25) is 0 Å². The Bertz CT molecular complexity index is 424. The standard InChI is InChI=1S/C19H34N2/c1-8-20-19(13-21(15(4)5)12-14(2)3)18-10-9-16(6)11-17(18)7/h9-11,14-15,19-20H,8,12-13H2,1-7H3.